The van der Waals surface area contributed by atoms with Crippen LogP contribution in [0.1, 0.15) is 24.9 Å². The highest BCUT2D eigenvalue weighted by atomic mass is 35.5. The van der Waals surface area contributed by atoms with Gasteiger partial charge < -0.3 is 36.1 Å². The van der Waals surface area contributed by atoms with Crippen LogP contribution in [0.4, 0.5) is 60.9 Å². The van der Waals surface area contributed by atoms with Crippen LogP contribution in [-0.4, -0.2) is 126 Å². The average Bonchev–Trinajstić information content (AvgIpc) is 2.00. The summed E-state index contributed by atoms with van der Waals surface area (Å²) >= 11 is 17.0. The van der Waals surface area contributed by atoms with E-state index in [1.165, 1.54) is 31.0 Å². The predicted octanol–water partition coefficient (Wildman–Crippen LogP) is 12.2. The summed E-state index contributed by atoms with van der Waals surface area (Å²) in [5.41, 5.74) is 9.63. The molecule has 12 aromatic rings. The van der Waals surface area contributed by atoms with E-state index in [1.807, 2.05) is 12.1 Å². The normalized spacial score (nSPS) is 12.7. The van der Waals surface area contributed by atoms with Gasteiger partial charge in [0.15, 0.2) is 64.0 Å². The molecule has 9 aromatic heterocycles. The lowest BCUT2D eigenvalue weighted by atomic mass is 10.3. The number of nitrogens with zero attached hydrogens (tertiary/aromatic N) is 16. The fraction of sp³-hybridized carbons (Fsp3) is 0.200. The van der Waals surface area contributed by atoms with Gasteiger partial charge in [0.1, 0.15) is 38.8 Å². The summed E-state index contributed by atoms with van der Waals surface area (Å²) in [6.45, 7) is 12.0. The maximum atomic E-state index is 13.8. The van der Waals surface area contributed by atoms with Crippen molar-refractivity contribution in [1.29, 1.82) is 0 Å². The molecule has 2 fully saturated rings. The van der Waals surface area contributed by atoms with Crippen molar-refractivity contribution < 1.29 is 35.8 Å². The van der Waals surface area contributed by atoms with Crippen LogP contribution < -0.4 is 26.6 Å². The Morgan fingerprint density at radius 3 is 1.22 bits per heavy atom. The second-order valence-electron chi connectivity index (χ2n) is 19.4. The monoisotopic (exact) mass is 1310 g/mol. The Bertz CT molecular complexity index is 4410. The minimum atomic E-state index is -0.951. The molecule has 22 nitrogen and oxygen atoms in total. The lowest BCUT2D eigenvalue weighted by Gasteiger charge is -2.27. The van der Waals surface area contributed by atoms with Gasteiger partial charge in [0.05, 0.1) is 132 Å². The molecule has 14 rings (SSSR count). The number of aryl methyl sites for hydroxylation is 3. The van der Waals surface area contributed by atoms with E-state index < -0.39 is 34.9 Å². The van der Waals surface area contributed by atoms with Gasteiger partial charge >= 0.3 is 0 Å². The molecule has 11 heterocycles. The van der Waals surface area contributed by atoms with Gasteiger partial charge in [0.25, 0.3) is 0 Å². The van der Waals surface area contributed by atoms with Gasteiger partial charge in [-0.3, -0.25) is 28.7 Å². The van der Waals surface area contributed by atoms with Crippen LogP contribution in [-0.2, 0) is 9.47 Å². The summed E-state index contributed by atoms with van der Waals surface area (Å²) in [6.07, 6.45) is 13.8. The van der Waals surface area contributed by atoms with Crippen molar-refractivity contribution in [1.82, 2.24) is 78.8 Å². The highest BCUT2D eigenvalue weighted by molar-refractivity contribution is 6.30. The SMILES string of the molecule is C.C1COCCN1.Cc1nc2cc(F)c(F)cc2n1-c1cncc(Cl)n1.Cc1nc2cc(F)c(F)cc2n1-c1cncc(Nc2ccc(Cl)nc2)n1.Cc1nc2cc(F)c(F)cc2n1-c1cncc(Nc2ccc(N3CCOCC3)nc2)n1.Nc1ccc(Cl)nc1. The summed E-state index contributed by atoms with van der Waals surface area (Å²) in [6, 6.07) is 17.1. The Labute approximate surface area is 530 Å². The van der Waals surface area contributed by atoms with Crippen molar-refractivity contribution in [2.24, 2.45) is 0 Å². The Morgan fingerprint density at radius 1 is 0.440 bits per heavy atom. The molecular weight excluding hydrogens is 1250 g/mol. The fourth-order valence-electron chi connectivity index (χ4n) is 9.02. The summed E-state index contributed by atoms with van der Waals surface area (Å²) in [4.78, 5) is 52.5. The van der Waals surface area contributed by atoms with E-state index in [1.54, 1.807) is 83.5 Å². The first-order chi connectivity index (χ1) is 43.4. The van der Waals surface area contributed by atoms with Crippen LogP contribution in [0.5, 0.6) is 0 Å². The fourth-order valence-corrected chi connectivity index (χ4v) is 9.39. The molecule has 91 heavy (non-hydrogen) atoms. The minimum absolute atomic E-state index is 0. The predicted molar refractivity (Wildman–Crippen MR) is 336 cm³/mol. The molecule has 2 aliphatic heterocycles. The number of morpholine rings is 2. The maximum absolute atomic E-state index is 13.8. The quantitative estimate of drug-likeness (QED) is 0.0815. The second kappa shape index (κ2) is 30.2. The standard InChI is InChI=1S/C21H19F2N7O.C17H11ClF2N6.C12H7ClF2N4.C5H5ClN2.C4H9NO.CH4/c1-13-26-17-8-15(22)16(23)9-18(17)30(13)21-12-24-11-19(28-21)27-14-2-3-20(25-10-14)29-4-6-31-7-5-29;1-9-23-13-4-11(19)12(20)5-14(13)26(9)17-8-21-7-16(25-17)24-10-2-3-15(18)22-6-10;1-6-17-9-2-7(14)8(15)3-10(9)19(6)12-5-16-4-11(13)18-12;6-5-2-1-4(7)3-8-5;1-3-6-4-2-5-1;/h2-3,8-12H,4-7H2,1H3,(H,27,28);2-8H,1H3,(H,24,25);2-5H,1H3;1-3H,7H2;5H,1-4H2;1H4. The summed E-state index contributed by atoms with van der Waals surface area (Å²) in [5, 5.41) is 10.5. The zero-order valence-electron chi connectivity index (χ0n) is 47.7. The van der Waals surface area contributed by atoms with Gasteiger partial charge in [-0.1, -0.05) is 42.2 Å². The number of aromatic nitrogens is 15. The number of nitrogens with two attached hydrogens (primary N) is 1. The van der Waals surface area contributed by atoms with Crippen LogP contribution in [0.2, 0.25) is 15.5 Å². The number of benzene rings is 3. The van der Waals surface area contributed by atoms with Gasteiger partial charge in [0.2, 0.25) is 0 Å². The maximum Gasteiger partial charge on any atom is 0.161 e. The van der Waals surface area contributed by atoms with Crippen molar-refractivity contribution in [2.45, 2.75) is 28.2 Å². The third-order valence-corrected chi connectivity index (χ3v) is 13.7. The number of hydrogen-bond donors (Lipinski definition) is 4. The molecule has 0 radical (unpaired) electrons. The van der Waals surface area contributed by atoms with Gasteiger partial charge in [-0.05, 0) is 57.2 Å². The number of halogens is 9. The lowest BCUT2D eigenvalue weighted by Crippen LogP contribution is -2.36. The third kappa shape index (κ3) is 16.6. The molecule has 31 heteroatoms. The van der Waals surface area contributed by atoms with Crippen LogP contribution in [0.3, 0.4) is 0 Å². The van der Waals surface area contributed by atoms with Crippen LogP contribution in [0.25, 0.3) is 50.6 Å². The summed E-state index contributed by atoms with van der Waals surface area (Å²) in [7, 11) is 0. The first-order valence-electron chi connectivity index (χ1n) is 27.2. The number of hydrogen-bond acceptors (Lipinski definition) is 19. The van der Waals surface area contributed by atoms with Gasteiger partial charge in [-0.25, -0.2) is 71.2 Å². The van der Waals surface area contributed by atoms with Crippen molar-refractivity contribution >= 4 is 102 Å². The van der Waals surface area contributed by atoms with Crippen LogP contribution in [0, 0.1) is 55.7 Å². The van der Waals surface area contributed by atoms with Crippen molar-refractivity contribution in [3.05, 3.63) is 196 Å². The smallest absolute Gasteiger partial charge is 0.161 e. The van der Waals surface area contributed by atoms with Crippen molar-refractivity contribution in [3.8, 4) is 17.5 Å². The van der Waals surface area contributed by atoms with Gasteiger partial charge in [-0.15, -0.1) is 0 Å². The Hall–Kier alpha value is -9.71. The molecule has 0 unspecified atom stereocenters. The van der Waals surface area contributed by atoms with Crippen molar-refractivity contribution in [2.75, 3.05) is 73.9 Å². The first kappa shape index (κ1) is 65.7. The number of nitrogen functional groups attached to an aromatic ring is 1. The molecule has 0 atom stereocenters. The Kier molecular flexibility index (Phi) is 21.8. The summed E-state index contributed by atoms with van der Waals surface area (Å²) in [5.74, 6) is -0.945. The van der Waals surface area contributed by atoms with E-state index in [0.29, 0.717) is 115 Å². The third-order valence-electron chi connectivity index (χ3n) is 13.1. The van der Waals surface area contributed by atoms with E-state index in [4.69, 9.17) is 50.0 Å². The van der Waals surface area contributed by atoms with E-state index >= 15 is 0 Å². The Morgan fingerprint density at radius 2 is 0.846 bits per heavy atom. The molecule has 0 saturated carbocycles. The highest BCUT2D eigenvalue weighted by Gasteiger charge is 2.19. The van der Waals surface area contributed by atoms with Gasteiger partial charge in [0, 0.05) is 62.6 Å². The van der Waals surface area contributed by atoms with E-state index in [2.05, 4.69) is 80.7 Å². The topological polar surface area (TPSA) is 253 Å². The van der Waals surface area contributed by atoms with E-state index in [9.17, 15) is 26.3 Å². The van der Waals surface area contributed by atoms with E-state index in [0.717, 1.165) is 87.3 Å². The Balaban J connectivity index is 0.000000147. The first-order valence-corrected chi connectivity index (χ1v) is 28.3. The molecule has 3 aromatic carbocycles. The molecular formula is C60H55Cl3F6N20O2. The number of rotatable bonds is 8. The van der Waals surface area contributed by atoms with Gasteiger partial charge in [-0.2, -0.15) is 0 Å². The zero-order chi connectivity index (χ0) is 63.4. The molecule has 0 amide bonds. The molecule has 0 bridgehead atoms. The lowest BCUT2D eigenvalue weighted by molar-refractivity contribution is 0.109. The number of imidazole rings is 3. The largest absolute Gasteiger partial charge is 0.397 e. The molecule has 470 valence electrons. The number of ether oxygens (including phenoxy) is 2. The number of anilines is 6. The number of nitrogens with one attached hydrogen (secondary N) is 3. The molecule has 2 saturated heterocycles. The molecule has 0 spiro atoms. The zero-order valence-corrected chi connectivity index (χ0v) is 50.0. The van der Waals surface area contributed by atoms with Crippen LogP contribution >= 0.6 is 34.8 Å². The number of pyridine rings is 3. The summed E-state index contributed by atoms with van der Waals surface area (Å²) < 4.78 is 96.2. The minimum Gasteiger partial charge on any atom is -0.397 e. The second-order valence-corrected chi connectivity index (χ2v) is 20.5. The number of fused-ring (bicyclic) bond motifs is 3. The average molecular weight is 1310 g/mol. The van der Waals surface area contributed by atoms with Crippen molar-refractivity contribution in [3.63, 3.8) is 0 Å². The molecule has 2 aliphatic rings. The van der Waals surface area contributed by atoms with Crippen LogP contribution in [0.15, 0.2) is 129 Å². The molecule has 5 N–H and O–H groups in total. The molecule has 0 aliphatic carbocycles. The highest BCUT2D eigenvalue weighted by Crippen LogP contribution is 2.28. The van der Waals surface area contributed by atoms with E-state index in [-0.39, 0.29) is 12.6 Å².